The Hall–Kier alpha value is -3.15. The summed E-state index contributed by atoms with van der Waals surface area (Å²) in [6.07, 6.45) is 1.46. The molecule has 0 bridgehead atoms. The molecule has 1 saturated heterocycles. The Labute approximate surface area is 158 Å². The van der Waals surface area contributed by atoms with Crippen molar-refractivity contribution < 1.29 is 14.4 Å². The molecule has 0 spiro atoms. The van der Waals surface area contributed by atoms with Gasteiger partial charge in [0.2, 0.25) is 5.91 Å². The van der Waals surface area contributed by atoms with Gasteiger partial charge in [-0.15, -0.1) is 0 Å². The standard InChI is InChI=1S/C21H23N3O3/c25-19(16-8-3-1-4-9-16)22-13-14-23-20(26)18-12-7-15-24(18)21(27)17-10-5-2-6-11-17/h1-6,8-11,18H,7,12-15H2,(H,22,25)(H,23,26)/t18-/m1/s1. The van der Waals surface area contributed by atoms with Gasteiger partial charge in [-0.3, -0.25) is 14.4 Å². The lowest BCUT2D eigenvalue weighted by atomic mass is 10.1. The van der Waals surface area contributed by atoms with Gasteiger partial charge in [0.15, 0.2) is 0 Å². The Morgan fingerprint density at radius 2 is 1.44 bits per heavy atom. The predicted octanol–water partition coefficient (Wildman–Crippen LogP) is 1.84. The first-order valence-electron chi connectivity index (χ1n) is 9.14. The summed E-state index contributed by atoms with van der Waals surface area (Å²) >= 11 is 0. The van der Waals surface area contributed by atoms with Gasteiger partial charge in [-0.25, -0.2) is 0 Å². The highest BCUT2D eigenvalue weighted by atomic mass is 16.2. The van der Waals surface area contributed by atoms with Crippen molar-refractivity contribution in [3.8, 4) is 0 Å². The molecule has 2 aromatic rings. The second-order valence-corrected chi connectivity index (χ2v) is 6.44. The highest BCUT2D eigenvalue weighted by Crippen LogP contribution is 2.20. The quantitative estimate of drug-likeness (QED) is 0.767. The molecular weight excluding hydrogens is 342 g/mol. The van der Waals surface area contributed by atoms with Gasteiger partial charge >= 0.3 is 0 Å². The fourth-order valence-electron chi connectivity index (χ4n) is 3.20. The number of benzene rings is 2. The van der Waals surface area contributed by atoms with Gasteiger partial charge in [0.25, 0.3) is 11.8 Å². The highest BCUT2D eigenvalue weighted by Gasteiger charge is 2.34. The number of rotatable bonds is 6. The van der Waals surface area contributed by atoms with Crippen molar-refractivity contribution >= 4 is 17.7 Å². The molecule has 1 fully saturated rings. The summed E-state index contributed by atoms with van der Waals surface area (Å²) in [5.41, 5.74) is 1.17. The van der Waals surface area contributed by atoms with Crippen LogP contribution in [0.3, 0.4) is 0 Å². The van der Waals surface area contributed by atoms with Crippen LogP contribution < -0.4 is 10.6 Å². The van der Waals surface area contributed by atoms with E-state index in [1.165, 1.54) is 0 Å². The van der Waals surface area contributed by atoms with Crippen LogP contribution in [0, 0.1) is 0 Å². The van der Waals surface area contributed by atoms with Gasteiger partial charge in [-0.2, -0.15) is 0 Å². The van der Waals surface area contributed by atoms with Crippen molar-refractivity contribution in [1.29, 1.82) is 0 Å². The topological polar surface area (TPSA) is 78.5 Å². The minimum absolute atomic E-state index is 0.120. The minimum Gasteiger partial charge on any atom is -0.353 e. The van der Waals surface area contributed by atoms with E-state index < -0.39 is 6.04 Å². The summed E-state index contributed by atoms with van der Waals surface area (Å²) in [5.74, 6) is -0.469. The fraction of sp³-hybridized carbons (Fsp3) is 0.286. The maximum absolute atomic E-state index is 12.6. The van der Waals surface area contributed by atoms with E-state index in [2.05, 4.69) is 10.6 Å². The molecule has 0 radical (unpaired) electrons. The Bertz CT molecular complexity index is 793. The van der Waals surface area contributed by atoms with Crippen LogP contribution in [0.4, 0.5) is 0 Å². The van der Waals surface area contributed by atoms with E-state index in [-0.39, 0.29) is 17.7 Å². The van der Waals surface area contributed by atoms with Crippen molar-refractivity contribution in [2.75, 3.05) is 19.6 Å². The second kappa shape index (κ2) is 8.98. The maximum atomic E-state index is 12.6. The predicted molar refractivity (Wildman–Crippen MR) is 102 cm³/mol. The third-order valence-electron chi connectivity index (χ3n) is 4.58. The number of nitrogens with zero attached hydrogens (tertiary/aromatic N) is 1. The summed E-state index contributed by atoms with van der Waals surface area (Å²) < 4.78 is 0. The minimum atomic E-state index is -0.456. The Morgan fingerprint density at radius 3 is 2.11 bits per heavy atom. The van der Waals surface area contributed by atoms with Crippen LogP contribution in [-0.4, -0.2) is 48.3 Å². The van der Waals surface area contributed by atoms with E-state index >= 15 is 0 Å². The molecule has 6 heteroatoms. The van der Waals surface area contributed by atoms with E-state index in [1.54, 1.807) is 41.3 Å². The fourth-order valence-corrected chi connectivity index (χ4v) is 3.20. The molecule has 140 valence electrons. The van der Waals surface area contributed by atoms with Crippen LogP contribution >= 0.6 is 0 Å². The Kier molecular flexibility index (Phi) is 6.20. The Morgan fingerprint density at radius 1 is 0.852 bits per heavy atom. The summed E-state index contributed by atoms with van der Waals surface area (Å²) in [5, 5.41) is 5.59. The molecule has 0 unspecified atom stereocenters. The molecule has 1 aliphatic rings. The van der Waals surface area contributed by atoms with Crippen molar-refractivity contribution in [1.82, 2.24) is 15.5 Å². The van der Waals surface area contributed by atoms with Gasteiger partial charge in [0.05, 0.1) is 0 Å². The third-order valence-corrected chi connectivity index (χ3v) is 4.58. The lowest BCUT2D eigenvalue weighted by Gasteiger charge is -2.24. The van der Waals surface area contributed by atoms with Gasteiger partial charge in [0, 0.05) is 30.8 Å². The number of carbonyl (C=O) groups is 3. The number of carbonyl (C=O) groups excluding carboxylic acids is 3. The van der Waals surface area contributed by atoms with Crippen molar-refractivity contribution in [2.24, 2.45) is 0 Å². The molecule has 1 heterocycles. The Balaban J connectivity index is 1.47. The van der Waals surface area contributed by atoms with Crippen LogP contribution in [-0.2, 0) is 4.79 Å². The molecule has 6 nitrogen and oxygen atoms in total. The van der Waals surface area contributed by atoms with Crippen LogP contribution in [0.15, 0.2) is 60.7 Å². The van der Waals surface area contributed by atoms with E-state index in [9.17, 15) is 14.4 Å². The zero-order valence-electron chi connectivity index (χ0n) is 15.1. The van der Waals surface area contributed by atoms with Crippen molar-refractivity contribution in [3.63, 3.8) is 0 Å². The number of hydrogen-bond donors (Lipinski definition) is 2. The zero-order chi connectivity index (χ0) is 19.1. The summed E-state index contributed by atoms with van der Waals surface area (Å²) in [6.45, 7) is 1.23. The number of amides is 3. The summed E-state index contributed by atoms with van der Waals surface area (Å²) in [6, 6.07) is 17.5. The summed E-state index contributed by atoms with van der Waals surface area (Å²) in [7, 11) is 0. The van der Waals surface area contributed by atoms with Crippen molar-refractivity contribution in [3.05, 3.63) is 71.8 Å². The average molecular weight is 365 g/mol. The molecule has 3 rings (SSSR count). The first-order chi connectivity index (χ1) is 13.2. The molecule has 0 aromatic heterocycles. The maximum Gasteiger partial charge on any atom is 0.254 e. The van der Waals surface area contributed by atoms with Crippen LogP contribution in [0.25, 0.3) is 0 Å². The number of likely N-dealkylation sites (tertiary alicyclic amines) is 1. The van der Waals surface area contributed by atoms with Crippen LogP contribution in [0.2, 0.25) is 0 Å². The average Bonchev–Trinajstić information content (AvgIpc) is 3.21. The van der Waals surface area contributed by atoms with E-state index in [0.717, 1.165) is 6.42 Å². The second-order valence-electron chi connectivity index (χ2n) is 6.44. The molecule has 3 amide bonds. The normalized spacial score (nSPS) is 16.0. The monoisotopic (exact) mass is 365 g/mol. The van der Waals surface area contributed by atoms with E-state index in [4.69, 9.17) is 0 Å². The van der Waals surface area contributed by atoms with Crippen molar-refractivity contribution in [2.45, 2.75) is 18.9 Å². The van der Waals surface area contributed by atoms with Gasteiger partial charge in [-0.1, -0.05) is 36.4 Å². The molecule has 0 saturated carbocycles. The number of hydrogen-bond acceptors (Lipinski definition) is 3. The lowest BCUT2D eigenvalue weighted by Crippen LogP contribution is -2.47. The first kappa shape index (κ1) is 18.6. The molecule has 2 N–H and O–H groups in total. The van der Waals surface area contributed by atoms with Crippen LogP contribution in [0.5, 0.6) is 0 Å². The third kappa shape index (κ3) is 4.73. The SMILES string of the molecule is O=C(NCCNC(=O)[C@H]1CCCN1C(=O)c1ccccc1)c1ccccc1. The molecule has 27 heavy (non-hydrogen) atoms. The lowest BCUT2D eigenvalue weighted by molar-refractivity contribution is -0.124. The molecule has 2 aromatic carbocycles. The van der Waals surface area contributed by atoms with Crippen LogP contribution in [0.1, 0.15) is 33.6 Å². The van der Waals surface area contributed by atoms with E-state index in [1.807, 2.05) is 24.3 Å². The zero-order valence-corrected chi connectivity index (χ0v) is 15.1. The highest BCUT2D eigenvalue weighted by molar-refractivity contribution is 5.98. The smallest absolute Gasteiger partial charge is 0.254 e. The van der Waals surface area contributed by atoms with Gasteiger partial charge < -0.3 is 15.5 Å². The van der Waals surface area contributed by atoms with Gasteiger partial charge in [-0.05, 0) is 37.1 Å². The largest absolute Gasteiger partial charge is 0.353 e. The molecular formula is C21H23N3O3. The van der Waals surface area contributed by atoms with E-state index in [0.29, 0.717) is 37.2 Å². The molecule has 1 atom stereocenters. The number of nitrogens with one attached hydrogen (secondary N) is 2. The first-order valence-corrected chi connectivity index (χ1v) is 9.14. The molecule has 0 aliphatic carbocycles. The van der Waals surface area contributed by atoms with Gasteiger partial charge in [0.1, 0.15) is 6.04 Å². The summed E-state index contributed by atoms with van der Waals surface area (Å²) in [4.78, 5) is 38.7. The molecule has 1 aliphatic heterocycles.